The summed E-state index contributed by atoms with van der Waals surface area (Å²) in [5, 5.41) is 0. The van der Waals surface area contributed by atoms with Gasteiger partial charge in [-0.15, -0.1) is 0 Å². The number of benzene rings is 1. The average molecular weight is 247 g/mol. The fourth-order valence-electron chi connectivity index (χ4n) is 2.57. The van der Waals surface area contributed by atoms with E-state index in [0.717, 1.165) is 19.3 Å². The maximum Gasteiger partial charge on any atom is 0.121 e. The SMILES string of the molecule is CC.CC1CCC(CC=O)N1Cc1ccccc1. The fourth-order valence-corrected chi connectivity index (χ4v) is 2.57. The van der Waals surface area contributed by atoms with E-state index in [0.29, 0.717) is 18.5 Å². The molecule has 1 saturated heterocycles. The van der Waals surface area contributed by atoms with Gasteiger partial charge in [-0.3, -0.25) is 4.90 Å². The first kappa shape index (κ1) is 14.9. The molecule has 0 aromatic heterocycles. The highest BCUT2D eigenvalue weighted by Crippen LogP contribution is 2.27. The van der Waals surface area contributed by atoms with Gasteiger partial charge in [-0.2, -0.15) is 0 Å². The molecule has 1 aliphatic rings. The van der Waals surface area contributed by atoms with Crippen molar-refractivity contribution in [2.24, 2.45) is 0 Å². The minimum absolute atomic E-state index is 0.452. The summed E-state index contributed by atoms with van der Waals surface area (Å²) in [5.41, 5.74) is 1.34. The van der Waals surface area contributed by atoms with Crippen LogP contribution < -0.4 is 0 Å². The van der Waals surface area contributed by atoms with Crippen LogP contribution in [-0.2, 0) is 11.3 Å². The van der Waals surface area contributed by atoms with Crippen molar-refractivity contribution in [2.75, 3.05) is 0 Å². The molecule has 0 N–H and O–H groups in total. The predicted molar refractivity (Wildman–Crippen MR) is 76.5 cm³/mol. The number of rotatable bonds is 4. The molecule has 2 nitrogen and oxygen atoms in total. The van der Waals surface area contributed by atoms with Crippen LogP contribution in [0.5, 0.6) is 0 Å². The Morgan fingerprint density at radius 2 is 1.89 bits per heavy atom. The lowest BCUT2D eigenvalue weighted by Crippen LogP contribution is -2.34. The van der Waals surface area contributed by atoms with Crippen molar-refractivity contribution in [3.63, 3.8) is 0 Å². The predicted octanol–water partition coefficient (Wildman–Crippen LogP) is 3.65. The van der Waals surface area contributed by atoms with E-state index >= 15 is 0 Å². The maximum atomic E-state index is 10.6. The molecule has 100 valence electrons. The topological polar surface area (TPSA) is 20.3 Å². The number of likely N-dealkylation sites (tertiary alicyclic amines) is 1. The molecule has 18 heavy (non-hydrogen) atoms. The van der Waals surface area contributed by atoms with E-state index in [1.165, 1.54) is 12.0 Å². The summed E-state index contributed by atoms with van der Waals surface area (Å²) in [7, 11) is 0. The Bertz CT molecular complexity index is 336. The van der Waals surface area contributed by atoms with Gasteiger partial charge < -0.3 is 4.79 Å². The van der Waals surface area contributed by atoms with Gasteiger partial charge >= 0.3 is 0 Å². The molecule has 1 aromatic carbocycles. The zero-order valence-corrected chi connectivity index (χ0v) is 11.8. The Morgan fingerprint density at radius 1 is 1.22 bits per heavy atom. The van der Waals surface area contributed by atoms with Gasteiger partial charge in [0.25, 0.3) is 0 Å². The molecule has 0 bridgehead atoms. The number of hydrogen-bond acceptors (Lipinski definition) is 2. The normalized spacial score (nSPS) is 23.3. The zero-order valence-electron chi connectivity index (χ0n) is 11.8. The summed E-state index contributed by atoms with van der Waals surface area (Å²) >= 11 is 0. The number of nitrogens with zero attached hydrogens (tertiary/aromatic N) is 1. The van der Waals surface area contributed by atoms with Crippen LogP contribution in [0.1, 0.15) is 45.6 Å². The molecule has 1 aliphatic heterocycles. The lowest BCUT2D eigenvalue weighted by atomic mass is 10.1. The average Bonchev–Trinajstić information content (AvgIpc) is 2.76. The first-order chi connectivity index (χ1) is 8.81. The van der Waals surface area contributed by atoms with Crippen molar-refractivity contribution < 1.29 is 4.79 Å². The molecule has 0 radical (unpaired) electrons. The van der Waals surface area contributed by atoms with Crippen LogP contribution in [0, 0.1) is 0 Å². The molecule has 2 heteroatoms. The zero-order chi connectivity index (χ0) is 13.4. The van der Waals surface area contributed by atoms with E-state index in [4.69, 9.17) is 0 Å². The number of carbonyl (C=O) groups excluding carboxylic acids is 1. The van der Waals surface area contributed by atoms with Gasteiger partial charge in [-0.25, -0.2) is 0 Å². The van der Waals surface area contributed by atoms with Crippen molar-refractivity contribution in [3.05, 3.63) is 35.9 Å². The standard InChI is InChI=1S/C14H19NO.C2H6/c1-12-7-8-14(9-10-16)15(12)11-13-5-3-2-4-6-13;1-2/h2-6,10,12,14H,7-9,11H2,1H3;1-2H3. The van der Waals surface area contributed by atoms with Gasteiger partial charge in [0.1, 0.15) is 6.29 Å². The van der Waals surface area contributed by atoms with Gasteiger partial charge in [0, 0.05) is 25.0 Å². The second-order valence-electron chi connectivity index (χ2n) is 4.64. The van der Waals surface area contributed by atoms with Crippen LogP contribution in [-0.4, -0.2) is 23.3 Å². The van der Waals surface area contributed by atoms with Crippen LogP contribution in [0.25, 0.3) is 0 Å². The lowest BCUT2D eigenvalue weighted by Gasteiger charge is -2.27. The Kier molecular flexibility index (Phi) is 6.66. The summed E-state index contributed by atoms with van der Waals surface area (Å²) in [5.74, 6) is 0. The van der Waals surface area contributed by atoms with Crippen molar-refractivity contribution in [3.8, 4) is 0 Å². The Morgan fingerprint density at radius 3 is 2.50 bits per heavy atom. The molecule has 0 spiro atoms. The van der Waals surface area contributed by atoms with Gasteiger partial charge in [-0.05, 0) is 25.3 Å². The number of hydrogen-bond donors (Lipinski definition) is 0. The minimum atomic E-state index is 0.452. The molecule has 0 saturated carbocycles. The van der Waals surface area contributed by atoms with Gasteiger partial charge in [0.05, 0.1) is 0 Å². The second kappa shape index (κ2) is 8.04. The smallest absolute Gasteiger partial charge is 0.121 e. The lowest BCUT2D eigenvalue weighted by molar-refractivity contribution is -0.108. The van der Waals surface area contributed by atoms with Crippen molar-refractivity contribution in [1.29, 1.82) is 0 Å². The third kappa shape index (κ3) is 3.95. The highest BCUT2D eigenvalue weighted by molar-refractivity contribution is 5.50. The second-order valence-corrected chi connectivity index (χ2v) is 4.64. The van der Waals surface area contributed by atoms with Crippen LogP contribution in [0.2, 0.25) is 0 Å². The molecular formula is C16H25NO. The number of carbonyl (C=O) groups is 1. The maximum absolute atomic E-state index is 10.6. The van der Waals surface area contributed by atoms with Gasteiger partial charge in [0.15, 0.2) is 0 Å². The molecule has 0 amide bonds. The van der Waals surface area contributed by atoms with E-state index in [1.54, 1.807) is 0 Å². The van der Waals surface area contributed by atoms with Crippen LogP contribution in [0.4, 0.5) is 0 Å². The van der Waals surface area contributed by atoms with Crippen LogP contribution in [0.15, 0.2) is 30.3 Å². The quantitative estimate of drug-likeness (QED) is 0.757. The summed E-state index contributed by atoms with van der Waals surface area (Å²) < 4.78 is 0. The van der Waals surface area contributed by atoms with Gasteiger partial charge in [-0.1, -0.05) is 44.2 Å². The van der Waals surface area contributed by atoms with Crippen molar-refractivity contribution >= 4 is 6.29 Å². The molecule has 0 aliphatic carbocycles. The third-order valence-electron chi connectivity index (χ3n) is 3.53. The largest absolute Gasteiger partial charge is 0.303 e. The summed E-state index contributed by atoms with van der Waals surface area (Å²) in [4.78, 5) is 13.1. The van der Waals surface area contributed by atoms with Crippen LogP contribution in [0.3, 0.4) is 0 Å². The van der Waals surface area contributed by atoms with Crippen LogP contribution >= 0.6 is 0 Å². The molecule has 2 unspecified atom stereocenters. The Balaban J connectivity index is 0.000000771. The summed E-state index contributed by atoms with van der Waals surface area (Å²) in [6, 6.07) is 11.6. The molecule has 2 rings (SSSR count). The highest BCUT2D eigenvalue weighted by Gasteiger charge is 2.29. The Hall–Kier alpha value is -1.15. The van der Waals surface area contributed by atoms with E-state index in [2.05, 4.69) is 36.1 Å². The highest BCUT2D eigenvalue weighted by atomic mass is 16.1. The summed E-state index contributed by atoms with van der Waals surface area (Å²) in [6.45, 7) is 7.23. The minimum Gasteiger partial charge on any atom is -0.303 e. The fraction of sp³-hybridized carbons (Fsp3) is 0.562. The molecular weight excluding hydrogens is 222 g/mol. The first-order valence-corrected chi connectivity index (χ1v) is 7.04. The molecule has 1 aromatic rings. The number of aldehydes is 1. The van der Waals surface area contributed by atoms with Gasteiger partial charge in [0.2, 0.25) is 0 Å². The molecule has 1 heterocycles. The van der Waals surface area contributed by atoms with E-state index in [1.807, 2.05) is 19.9 Å². The molecule has 2 atom stereocenters. The van der Waals surface area contributed by atoms with Crippen molar-refractivity contribution in [1.82, 2.24) is 4.90 Å². The first-order valence-electron chi connectivity index (χ1n) is 7.04. The van der Waals surface area contributed by atoms with Crippen molar-refractivity contribution in [2.45, 2.75) is 58.7 Å². The third-order valence-corrected chi connectivity index (χ3v) is 3.53. The summed E-state index contributed by atoms with van der Waals surface area (Å²) in [6.07, 6.45) is 4.11. The van der Waals surface area contributed by atoms with E-state index < -0.39 is 0 Å². The van der Waals surface area contributed by atoms with E-state index in [9.17, 15) is 4.79 Å². The Labute approximate surface area is 111 Å². The monoisotopic (exact) mass is 247 g/mol. The molecule has 1 fully saturated rings. The van der Waals surface area contributed by atoms with E-state index in [-0.39, 0.29) is 0 Å².